The third kappa shape index (κ3) is 4.15. The van der Waals surface area contributed by atoms with Crippen LogP contribution < -0.4 is 5.32 Å². The van der Waals surface area contributed by atoms with Gasteiger partial charge in [-0.2, -0.15) is 0 Å². The highest BCUT2D eigenvalue weighted by molar-refractivity contribution is 5.11. The Morgan fingerprint density at radius 1 is 1.41 bits per heavy atom. The van der Waals surface area contributed by atoms with Crippen LogP contribution >= 0.6 is 0 Å². The minimum absolute atomic E-state index is 0.489. The van der Waals surface area contributed by atoms with E-state index in [0.29, 0.717) is 6.04 Å². The van der Waals surface area contributed by atoms with Gasteiger partial charge in [0, 0.05) is 37.8 Å². The van der Waals surface area contributed by atoms with E-state index >= 15 is 0 Å². The van der Waals surface area contributed by atoms with E-state index in [0.717, 1.165) is 45.2 Å². The topological polar surface area (TPSA) is 37.6 Å². The van der Waals surface area contributed by atoms with Crippen LogP contribution in [0, 0.1) is 6.92 Å². The van der Waals surface area contributed by atoms with Crippen LogP contribution in [0.4, 0.5) is 0 Å². The summed E-state index contributed by atoms with van der Waals surface area (Å²) in [5.74, 6) is 0.975. The zero-order valence-electron chi connectivity index (χ0n) is 10.7. The number of ether oxygens (including phenoxy) is 1. The minimum atomic E-state index is 0.489. The molecular weight excluding hydrogens is 216 g/mol. The van der Waals surface area contributed by atoms with Gasteiger partial charge in [0.15, 0.2) is 0 Å². The summed E-state index contributed by atoms with van der Waals surface area (Å²) in [6.45, 7) is 10.0. The van der Waals surface area contributed by atoms with Gasteiger partial charge in [0.1, 0.15) is 5.76 Å². The van der Waals surface area contributed by atoms with Gasteiger partial charge in [-0.1, -0.05) is 0 Å². The van der Waals surface area contributed by atoms with Crippen molar-refractivity contribution < 1.29 is 9.15 Å². The predicted octanol–water partition coefficient (Wildman–Crippen LogP) is 1.40. The molecule has 0 aliphatic carbocycles. The van der Waals surface area contributed by atoms with E-state index in [1.165, 1.54) is 5.56 Å². The first-order valence-corrected chi connectivity index (χ1v) is 6.31. The highest BCUT2D eigenvalue weighted by atomic mass is 16.5. The third-order valence-corrected chi connectivity index (χ3v) is 3.08. The Labute approximate surface area is 103 Å². The van der Waals surface area contributed by atoms with Crippen LogP contribution in [-0.4, -0.2) is 43.8 Å². The summed E-state index contributed by atoms with van der Waals surface area (Å²) >= 11 is 0. The van der Waals surface area contributed by atoms with E-state index < -0.39 is 0 Å². The average molecular weight is 238 g/mol. The Morgan fingerprint density at radius 3 is 2.82 bits per heavy atom. The Bertz CT molecular complexity index is 332. The molecule has 2 heterocycles. The summed E-state index contributed by atoms with van der Waals surface area (Å²) < 4.78 is 10.6. The van der Waals surface area contributed by atoms with Crippen molar-refractivity contribution in [2.24, 2.45) is 0 Å². The number of morpholine rings is 1. The highest BCUT2D eigenvalue weighted by Crippen LogP contribution is 2.06. The molecule has 1 saturated heterocycles. The molecule has 1 aliphatic heterocycles. The first kappa shape index (κ1) is 12.6. The Morgan fingerprint density at radius 2 is 2.18 bits per heavy atom. The molecule has 4 heteroatoms. The van der Waals surface area contributed by atoms with Gasteiger partial charge in [0.05, 0.1) is 19.5 Å². The predicted molar refractivity (Wildman–Crippen MR) is 67.0 cm³/mol. The summed E-state index contributed by atoms with van der Waals surface area (Å²) in [5, 5.41) is 3.52. The van der Waals surface area contributed by atoms with Crippen molar-refractivity contribution in [1.29, 1.82) is 0 Å². The summed E-state index contributed by atoms with van der Waals surface area (Å²) in [7, 11) is 0. The number of furan rings is 1. The van der Waals surface area contributed by atoms with Crippen LogP contribution in [0.2, 0.25) is 0 Å². The molecule has 1 aliphatic rings. The van der Waals surface area contributed by atoms with Crippen LogP contribution in [0.15, 0.2) is 16.7 Å². The van der Waals surface area contributed by atoms with E-state index in [4.69, 9.17) is 9.15 Å². The molecular formula is C13H22N2O2. The van der Waals surface area contributed by atoms with Gasteiger partial charge in [-0.3, -0.25) is 4.90 Å². The summed E-state index contributed by atoms with van der Waals surface area (Å²) in [4.78, 5) is 2.45. The van der Waals surface area contributed by atoms with E-state index in [1.807, 2.05) is 13.2 Å². The lowest BCUT2D eigenvalue weighted by molar-refractivity contribution is 0.0343. The van der Waals surface area contributed by atoms with Crippen LogP contribution in [0.5, 0.6) is 0 Å². The van der Waals surface area contributed by atoms with Gasteiger partial charge >= 0.3 is 0 Å². The number of nitrogens with zero attached hydrogens (tertiary/aromatic N) is 1. The van der Waals surface area contributed by atoms with Crippen LogP contribution in [0.1, 0.15) is 18.2 Å². The normalized spacial score (nSPS) is 19.4. The SMILES string of the molecule is Cc1cc(CNC(C)CN2CCOCC2)co1. The van der Waals surface area contributed by atoms with Gasteiger partial charge in [-0.15, -0.1) is 0 Å². The van der Waals surface area contributed by atoms with Gasteiger partial charge < -0.3 is 14.5 Å². The molecule has 1 aromatic rings. The lowest BCUT2D eigenvalue weighted by Crippen LogP contribution is -2.44. The maximum absolute atomic E-state index is 5.34. The first-order chi connectivity index (χ1) is 8.24. The Hall–Kier alpha value is -0.840. The summed E-state index contributed by atoms with van der Waals surface area (Å²) in [5.41, 5.74) is 1.22. The third-order valence-electron chi connectivity index (χ3n) is 3.08. The molecule has 1 atom stereocenters. The van der Waals surface area contributed by atoms with Crippen LogP contribution in [0.25, 0.3) is 0 Å². The summed E-state index contributed by atoms with van der Waals surface area (Å²) in [6.07, 6.45) is 1.82. The van der Waals surface area contributed by atoms with Crippen molar-refractivity contribution in [2.45, 2.75) is 26.4 Å². The van der Waals surface area contributed by atoms with E-state index in [-0.39, 0.29) is 0 Å². The number of rotatable bonds is 5. The average Bonchev–Trinajstić information content (AvgIpc) is 2.74. The van der Waals surface area contributed by atoms with E-state index in [9.17, 15) is 0 Å². The van der Waals surface area contributed by atoms with E-state index in [1.54, 1.807) is 0 Å². The molecule has 0 spiro atoms. The highest BCUT2D eigenvalue weighted by Gasteiger charge is 2.13. The fraction of sp³-hybridized carbons (Fsp3) is 0.692. The second kappa shape index (κ2) is 6.19. The van der Waals surface area contributed by atoms with Gasteiger partial charge in [0.2, 0.25) is 0 Å². The number of aryl methyl sites for hydroxylation is 1. The standard InChI is InChI=1S/C13H22N2O2/c1-11(9-15-3-5-16-6-4-15)14-8-13-7-12(2)17-10-13/h7,10-11,14H,3-6,8-9H2,1-2H3. The van der Waals surface area contributed by atoms with Crippen molar-refractivity contribution >= 4 is 0 Å². The lowest BCUT2D eigenvalue weighted by Gasteiger charge is -2.29. The second-order valence-corrected chi connectivity index (χ2v) is 4.76. The maximum atomic E-state index is 5.34. The number of nitrogens with one attached hydrogen (secondary N) is 1. The zero-order chi connectivity index (χ0) is 12.1. The Balaban J connectivity index is 1.68. The van der Waals surface area contributed by atoms with Crippen LogP contribution in [0.3, 0.4) is 0 Å². The van der Waals surface area contributed by atoms with Crippen LogP contribution in [-0.2, 0) is 11.3 Å². The fourth-order valence-electron chi connectivity index (χ4n) is 2.12. The molecule has 2 rings (SSSR count). The molecule has 1 fully saturated rings. The largest absolute Gasteiger partial charge is 0.469 e. The van der Waals surface area contributed by atoms with Gasteiger partial charge in [-0.05, 0) is 19.9 Å². The summed E-state index contributed by atoms with van der Waals surface area (Å²) in [6, 6.07) is 2.57. The van der Waals surface area contributed by atoms with Gasteiger partial charge in [0.25, 0.3) is 0 Å². The zero-order valence-corrected chi connectivity index (χ0v) is 10.7. The molecule has 1 N–H and O–H groups in total. The Kier molecular flexibility index (Phi) is 4.59. The quantitative estimate of drug-likeness (QED) is 0.841. The van der Waals surface area contributed by atoms with Crippen molar-refractivity contribution in [3.8, 4) is 0 Å². The number of hydrogen-bond donors (Lipinski definition) is 1. The first-order valence-electron chi connectivity index (χ1n) is 6.31. The van der Waals surface area contributed by atoms with Crippen molar-refractivity contribution in [2.75, 3.05) is 32.8 Å². The molecule has 0 radical (unpaired) electrons. The molecule has 0 bridgehead atoms. The smallest absolute Gasteiger partial charge is 0.101 e. The lowest BCUT2D eigenvalue weighted by atomic mass is 10.2. The van der Waals surface area contributed by atoms with Crippen molar-refractivity contribution in [3.05, 3.63) is 23.7 Å². The van der Waals surface area contributed by atoms with Crippen molar-refractivity contribution in [3.63, 3.8) is 0 Å². The molecule has 1 aromatic heterocycles. The molecule has 4 nitrogen and oxygen atoms in total. The van der Waals surface area contributed by atoms with Gasteiger partial charge in [-0.25, -0.2) is 0 Å². The molecule has 0 aromatic carbocycles. The monoisotopic (exact) mass is 238 g/mol. The maximum Gasteiger partial charge on any atom is 0.101 e. The minimum Gasteiger partial charge on any atom is -0.469 e. The van der Waals surface area contributed by atoms with Crippen molar-refractivity contribution in [1.82, 2.24) is 10.2 Å². The molecule has 17 heavy (non-hydrogen) atoms. The molecule has 96 valence electrons. The fourth-order valence-corrected chi connectivity index (χ4v) is 2.12. The van der Waals surface area contributed by atoms with E-state index in [2.05, 4.69) is 23.2 Å². The number of hydrogen-bond acceptors (Lipinski definition) is 4. The second-order valence-electron chi connectivity index (χ2n) is 4.76. The molecule has 0 amide bonds. The molecule has 0 saturated carbocycles. The molecule has 1 unspecified atom stereocenters.